The van der Waals surface area contributed by atoms with Crippen molar-refractivity contribution < 1.29 is 23.5 Å². The molecule has 7 nitrogen and oxygen atoms in total. The predicted molar refractivity (Wildman–Crippen MR) is 125 cm³/mol. The fraction of sp³-hybridized carbons (Fsp3) is 0.348. The van der Waals surface area contributed by atoms with Crippen LogP contribution in [0.2, 0.25) is 0 Å². The quantitative estimate of drug-likeness (QED) is 0.383. The summed E-state index contributed by atoms with van der Waals surface area (Å²) < 4.78 is 11.0. The second-order valence-corrected chi connectivity index (χ2v) is 9.77. The van der Waals surface area contributed by atoms with Crippen molar-refractivity contribution in [1.82, 2.24) is 10.9 Å². The molecule has 168 valence electrons. The molecular formula is C23H24N2O5S2. The van der Waals surface area contributed by atoms with E-state index in [9.17, 15) is 14.4 Å². The zero-order valence-corrected chi connectivity index (χ0v) is 19.1. The molecule has 2 heterocycles. The number of amides is 2. The number of thiophene rings is 1. The van der Waals surface area contributed by atoms with Crippen molar-refractivity contribution in [2.24, 2.45) is 0 Å². The second-order valence-electron chi connectivity index (χ2n) is 7.53. The summed E-state index contributed by atoms with van der Waals surface area (Å²) in [5.74, 6) is -0.989. The van der Waals surface area contributed by atoms with Crippen molar-refractivity contribution in [3.05, 3.63) is 58.0 Å². The molecule has 9 heteroatoms. The molecule has 4 rings (SSSR count). The van der Waals surface area contributed by atoms with E-state index < -0.39 is 24.4 Å². The Morgan fingerprint density at radius 3 is 2.66 bits per heavy atom. The Labute approximate surface area is 193 Å². The second kappa shape index (κ2) is 10.7. The van der Waals surface area contributed by atoms with Crippen molar-refractivity contribution in [2.75, 3.05) is 6.61 Å². The van der Waals surface area contributed by atoms with E-state index in [4.69, 9.17) is 9.15 Å². The first-order valence-corrected chi connectivity index (χ1v) is 12.5. The van der Waals surface area contributed by atoms with Crippen LogP contribution in [-0.4, -0.2) is 29.6 Å². The highest BCUT2D eigenvalue weighted by molar-refractivity contribution is 7.99. The van der Waals surface area contributed by atoms with E-state index >= 15 is 0 Å². The summed E-state index contributed by atoms with van der Waals surface area (Å²) in [5, 5.41) is 3.23. The molecule has 2 aromatic heterocycles. The van der Waals surface area contributed by atoms with E-state index in [0.717, 1.165) is 10.9 Å². The lowest BCUT2D eigenvalue weighted by molar-refractivity contribution is -0.125. The minimum absolute atomic E-state index is 0.130. The van der Waals surface area contributed by atoms with Gasteiger partial charge in [-0.2, -0.15) is 11.8 Å². The van der Waals surface area contributed by atoms with Gasteiger partial charge in [-0.05, 0) is 30.4 Å². The van der Waals surface area contributed by atoms with Crippen LogP contribution in [0.25, 0.3) is 11.0 Å². The van der Waals surface area contributed by atoms with Crippen LogP contribution >= 0.6 is 23.1 Å². The first kappa shape index (κ1) is 22.4. The standard InChI is InChI=1S/C23H24N2O5S2/c26-20(24-25-22(27)19-11-6-12-31-19)13-29-23(28)21-17(14-32-15-7-2-1-3-8-15)16-9-4-5-10-18(16)30-21/h4-6,9-12,15H,1-3,7-8,13-14H2,(H,24,26)(H,25,27). The third-order valence-electron chi connectivity index (χ3n) is 5.29. The van der Waals surface area contributed by atoms with Crippen molar-refractivity contribution in [2.45, 2.75) is 43.1 Å². The Kier molecular flexibility index (Phi) is 7.49. The molecular weight excluding hydrogens is 448 g/mol. The van der Waals surface area contributed by atoms with E-state index in [0.29, 0.717) is 21.5 Å². The molecule has 1 saturated carbocycles. The molecule has 0 spiro atoms. The number of esters is 1. The van der Waals surface area contributed by atoms with Crippen molar-refractivity contribution in [3.8, 4) is 0 Å². The molecule has 32 heavy (non-hydrogen) atoms. The number of thioether (sulfide) groups is 1. The van der Waals surface area contributed by atoms with Gasteiger partial charge in [-0.25, -0.2) is 4.79 Å². The molecule has 0 radical (unpaired) electrons. The molecule has 0 atom stereocenters. The van der Waals surface area contributed by atoms with Gasteiger partial charge in [0.1, 0.15) is 5.58 Å². The fourth-order valence-electron chi connectivity index (χ4n) is 3.67. The lowest BCUT2D eigenvalue weighted by atomic mass is 10.0. The monoisotopic (exact) mass is 472 g/mol. The maximum absolute atomic E-state index is 12.7. The first-order valence-electron chi connectivity index (χ1n) is 10.5. The van der Waals surface area contributed by atoms with Gasteiger partial charge in [-0.15, -0.1) is 11.3 Å². The lowest BCUT2D eigenvalue weighted by Crippen LogP contribution is -2.43. The van der Waals surface area contributed by atoms with Crippen LogP contribution in [0.1, 0.15) is 57.9 Å². The van der Waals surface area contributed by atoms with Crippen LogP contribution < -0.4 is 10.9 Å². The van der Waals surface area contributed by atoms with Gasteiger partial charge in [0.15, 0.2) is 6.61 Å². The average Bonchev–Trinajstić information content (AvgIpc) is 3.49. The molecule has 0 saturated heterocycles. The van der Waals surface area contributed by atoms with Crippen LogP contribution in [0, 0.1) is 0 Å². The van der Waals surface area contributed by atoms with Crippen molar-refractivity contribution >= 4 is 51.9 Å². The topological polar surface area (TPSA) is 97.6 Å². The molecule has 1 aliphatic rings. The zero-order valence-electron chi connectivity index (χ0n) is 17.4. The highest BCUT2D eigenvalue weighted by Gasteiger charge is 2.24. The molecule has 1 aromatic carbocycles. The zero-order chi connectivity index (χ0) is 22.3. The normalized spacial score (nSPS) is 14.2. The number of ether oxygens (including phenoxy) is 1. The summed E-state index contributed by atoms with van der Waals surface area (Å²) in [5.41, 5.74) is 5.95. The van der Waals surface area contributed by atoms with Gasteiger partial charge in [0.25, 0.3) is 11.8 Å². The minimum Gasteiger partial charge on any atom is -0.450 e. The van der Waals surface area contributed by atoms with Gasteiger partial charge in [0, 0.05) is 22.0 Å². The van der Waals surface area contributed by atoms with Crippen LogP contribution in [0.5, 0.6) is 0 Å². The Hall–Kier alpha value is -2.78. The lowest BCUT2D eigenvalue weighted by Gasteiger charge is -2.20. The summed E-state index contributed by atoms with van der Waals surface area (Å²) in [7, 11) is 0. The number of hydrazine groups is 1. The Bertz CT molecular complexity index is 1090. The fourth-order valence-corrected chi connectivity index (χ4v) is 5.64. The van der Waals surface area contributed by atoms with Crippen molar-refractivity contribution in [3.63, 3.8) is 0 Å². The molecule has 0 unspecified atom stereocenters. The highest BCUT2D eigenvalue weighted by atomic mass is 32.2. The molecule has 3 aromatic rings. The summed E-state index contributed by atoms with van der Waals surface area (Å²) in [4.78, 5) is 37.1. The number of carbonyl (C=O) groups is 3. The SMILES string of the molecule is O=C(COC(=O)c1oc2ccccc2c1CSC1CCCCC1)NNC(=O)c1cccs1. The third-order valence-corrected chi connectivity index (χ3v) is 7.56. The Morgan fingerprint density at radius 1 is 1.06 bits per heavy atom. The molecule has 1 aliphatic carbocycles. The maximum Gasteiger partial charge on any atom is 0.375 e. The average molecular weight is 473 g/mol. The third kappa shape index (κ3) is 5.52. The van der Waals surface area contributed by atoms with E-state index in [-0.39, 0.29) is 5.76 Å². The number of furan rings is 1. The molecule has 1 fully saturated rings. The Morgan fingerprint density at radius 2 is 1.88 bits per heavy atom. The largest absolute Gasteiger partial charge is 0.450 e. The number of fused-ring (bicyclic) bond motifs is 1. The molecule has 2 amide bonds. The van der Waals surface area contributed by atoms with E-state index in [1.165, 1.54) is 43.4 Å². The van der Waals surface area contributed by atoms with Crippen LogP contribution in [-0.2, 0) is 15.3 Å². The Balaban J connectivity index is 1.36. The van der Waals surface area contributed by atoms with Crippen molar-refractivity contribution in [1.29, 1.82) is 0 Å². The number of rotatable bonds is 7. The number of nitrogens with one attached hydrogen (secondary N) is 2. The number of hydrogen-bond donors (Lipinski definition) is 2. The molecule has 2 N–H and O–H groups in total. The van der Waals surface area contributed by atoms with Gasteiger partial charge >= 0.3 is 5.97 Å². The smallest absolute Gasteiger partial charge is 0.375 e. The molecule has 0 bridgehead atoms. The predicted octanol–water partition coefficient (Wildman–Crippen LogP) is 4.68. The van der Waals surface area contributed by atoms with Crippen LogP contribution in [0.3, 0.4) is 0 Å². The minimum atomic E-state index is -0.694. The number of benzene rings is 1. The molecule has 0 aliphatic heterocycles. The summed E-state index contributed by atoms with van der Waals surface area (Å²) >= 11 is 3.10. The number of carbonyl (C=O) groups excluding carboxylic acids is 3. The van der Waals surface area contributed by atoms with E-state index in [1.54, 1.807) is 17.5 Å². The van der Waals surface area contributed by atoms with Gasteiger partial charge in [-0.1, -0.05) is 43.5 Å². The van der Waals surface area contributed by atoms with Gasteiger partial charge in [0.2, 0.25) is 5.76 Å². The number of hydrogen-bond acceptors (Lipinski definition) is 7. The number of para-hydroxylation sites is 1. The van der Waals surface area contributed by atoms with E-state index in [1.807, 2.05) is 36.0 Å². The maximum atomic E-state index is 12.7. The van der Waals surface area contributed by atoms with Gasteiger partial charge in [-0.3, -0.25) is 20.4 Å². The summed E-state index contributed by atoms with van der Waals surface area (Å²) in [6, 6.07) is 10.9. The summed E-state index contributed by atoms with van der Waals surface area (Å²) in [6.07, 6.45) is 6.17. The van der Waals surface area contributed by atoms with Gasteiger partial charge < -0.3 is 9.15 Å². The van der Waals surface area contributed by atoms with Gasteiger partial charge in [0.05, 0.1) is 4.88 Å². The van der Waals surface area contributed by atoms with E-state index in [2.05, 4.69) is 10.9 Å². The van der Waals surface area contributed by atoms with Crippen LogP contribution in [0.15, 0.2) is 46.2 Å². The highest BCUT2D eigenvalue weighted by Crippen LogP contribution is 2.35. The first-order chi connectivity index (χ1) is 15.6. The van der Waals surface area contributed by atoms with Crippen LogP contribution in [0.4, 0.5) is 0 Å². The summed E-state index contributed by atoms with van der Waals surface area (Å²) in [6.45, 7) is -0.532.